The summed E-state index contributed by atoms with van der Waals surface area (Å²) in [5.41, 5.74) is -0.416. The highest BCUT2D eigenvalue weighted by Crippen LogP contribution is 2.27. The molecule has 1 fully saturated rings. The molecule has 1 unspecified atom stereocenters. The molecule has 31 heavy (non-hydrogen) atoms. The van der Waals surface area contributed by atoms with Gasteiger partial charge >= 0.3 is 6.18 Å². The van der Waals surface area contributed by atoms with Crippen molar-refractivity contribution < 1.29 is 22.7 Å². The molecule has 1 atom stereocenters. The first-order valence-electron chi connectivity index (χ1n) is 10.6. The van der Waals surface area contributed by atoms with Crippen molar-refractivity contribution in [2.45, 2.75) is 58.7 Å². The zero-order valence-electron chi connectivity index (χ0n) is 18.8. The van der Waals surface area contributed by atoms with E-state index in [2.05, 4.69) is 15.6 Å². The van der Waals surface area contributed by atoms with E-state index < -0.39 is 18.3 Å². The number of furan rings is 1. The van der Waals surface area contributed by atoms with E-state index in [1.165, 1.54) is 4.90 Å². The topological polar surface area (TPSA) is 73.0 Å². The highest BCUT2D eigenvalue weighted by Gasteiger charge is 2.32. The zero-order valence-corrected chi connectivity index (χ0v) is 21.1. The average Bonchev–Trinajstić information content (AvgIpc) is 2.99. The van der Waals surface area contributed by atoms with Crippen LogP contribution in [0.3, 0.4) is 0 Å². The quantitative estimate of drug-likeness (QED) is 0.255. The number of piperidine rings is 1. The fraction of sp³-hybridized carbons (Fsp3) is 0.762. The highest BCUT2D eigenvalue weighted by molar-refractivity contribution is 14.0. The summed E-state index contributed by atoms with van der Waals surface area (Å²) in [7, 11) is 0. The van der Waals surface area contributed by atoms with Crippen LogP contribution in [-0.4, -0.2) is 61.4 Å². The second-order valence-corrected chi connectivity index (χ2v) is 8.35. The molecule has 0 bridgehead atoms. The molecule has 180 valence electrons. The molecule has 0 saturated carbocycles. The molecule has 1 aromatic rings. The second-order valence-electron chi connectivity index (χ2n) is 8.35. The standard InChI is InChI=1S/C21H35F3N4O2.HI/c1-5-25-19(27-13-20(4,29)18-12-15(2)30-16(18)3)26-9-6-17-7-10-28(11-8-17)14-21(22,23)24;/h12,17,29H,5-11,13-14H2,1-4H3,(H2,25,26,27);1H. The number of nitrogens with one attached hydrogen (secondary N) is 2. The molecule has 3 N–H and O–H groups in total. The first kappa shape index (κ1) is 28.0. The Kier molecular flexibility index (Phi) is 11.1. The summed E-state index contributed by atoms with van der Waals surface area (Å²) in [6.45, 7) is 9.06. The smallest absolute Gasteiger partial charge is 0.401 e. The lowest BCUT2D eigenvalue weighted by Crippen LogP contribution is -2.42. The summed E-state index contributed by atoms with van der Waals surface area (Å²) in [6, 6.07) is 1.83. The van der Waals surface area contributed by atoms with Crippen LogP contribution in [0.15, 0.2) is 15.5 Å². The van der Waals surface area contributed by atoms with Crippen LogP contribution < -0.4 is 10.6 Å². The third-order valence-electron chi connectivity index (χ3n) is 5.47. The first-order chi connectivity index (χ1) is 14.0. The third kappa shape index (κ3) is 9.56. The Balaban J connectivity index is 0.00000480. The van der Waals surface area contributed by atoms with Crippen molar-refractivity contribution in [1.29, 1.82) is 0 Å². The summed E-state index contributed by atoms with van der Waals surface area (Å²) < 4.78 is 43.0. The fourth-order valence-corrected chi connectivity index (χ4v) is 3.91. The van der Waals surface area contributed by atoms with Crippen molar-refractivity contribution in [2.24, 2.45) is 10.9 Å². The van der Waals surface area contributed by atoms with Crippen molar-refractivity contribution in [3.05, 3.63) is 23.2 Å². The van der Waals surface area contributed by atoms with Gasteiger partial charge in [0, 0.05) is 18.7 Å². The van der Waals surface area contributed by atoms with Gasteiger partial charge in [0.25, 0.3) is 0 Å². The van der Waals surface area contributed by atoms with E-state index in [4.69, 9.17) is 4.42 Å². The summed E-state index contributed by atoms with van der Waals surface area (Å²) in [5, 5.41) is 17.3. The Morgan fingerprint density at radius 2 is 1.90 bits per heavy atom. The average molecular weight is 560 g/mol. The number of hydrogen-bond acceptors (Lipinski definition) is 4. The predicted octanol–water partition coefficient (Wildman–Crippen LogP) is 3.94. The van der Waals surface area contributed by atoms with E-state index >= 15 is 0 Å². The molecule has 0 aromatic carbocycles. The number of rotatable bonds is 8. The van der Waals surface area contributed by atoms with Gasteiger partial charge in [0.1, 0.15) is 17.1 Å². The van der Waals surface area contributed by atoms with Gasteiger partial charge in [0.2, 0.25) is 0 Å². The molecule has 1 aliphatic heterocycles. The largest absolute Gasteiger partial charge is 0.466 e. The van der Waals surface area contributed by atoms with E-state index in [9.17, 15) is 18.3 Å². The van der Waals surface area contributed by atoms with Crippen LogP contribution >= 0.6 is 24.0 Å². The molecular weight excluding hydrogens is 524 g/mol. The maximum absolute atomic E-state index is 12.5. The number of aliphatic hydroxyl groups is 1. The highest BCUT2D eigenvalue weighted by atomic mass is 127. The molecular formula is C21H36F3IN4O2. The Hall–Kier alpha value is -1.01. The molecule has 2 rings (SSSR count). The molecule has 0 aliphatic carbocycles. The lowest BCUT2D eigenvalue weighted by Gasteiger charge is -2.32. The molecule has 6 nitrogen and oxygen atoms in total. The van der Waals surface area contributed by atoms with Crippen LogP contribution in [0.25, 0.3) is 0 Å². The predicted molar refractivity (Wildman–Crippen MR) is 127 cm³/mol. The van der Waals surface area contributed by atoms with E-state index in [0.29, 0.717) is 43.8 Å². The van der Waals surface area contributed by atoms with E-state index in [1.54, 1.807) is 6.92 Å². The van der Waals surface area contributed by atoms with Crippen molar-refractivity contribution in [2.75, 3.05) is 39.3 Å². The van der Waals surface area contributed by atoms with Gasteiger partial charge in [-0.1, -0.05) is 0 Å². The Bertz CT molecular complexity index is 699. The van der Waals surface area contributed by atoms with Crippen LogP contribution in [-0.2, 0) is 5.60 Å². The van der Waals surface area contributed by atoms with Gasteiger partial charge in [-0.15, -0.1) is 24.0 Å². The van der Waals surface area contributed by atoms with E-state index in [1.807, 2.05) is 26.8 Å². The number of likely N-dealkylation sites (tertiary alicyclic amines) is 1. The van der Waals surface area contributed by atoms with Crippen LogP contribution in [0.4, 0.5) is 13.2 Å². The van der Waals surface area contributed by atoms with Crippen LogP contribution in [0, 0.1) is 19.8 Å². The number of halogens is 4. The Labute approximate surface area is 200 Å². The lowest BCUT2D eigenvalue weighted by atomic mass is 9.93. The van der Waals surface area contributed by atoms with Gasteiger partial charge in [-0.25, -0.2) is 4.99 Å². The van der Waals surface area contributed by atoms with Gasteiger partial charge in [0.15, 0.2) is 5.96 Å². The van der Waals surface area contributed by atoms with Crippen LogP contribution in [0.5, 0.6) is 0 Å². The van der Waals surface area contributed by atoms with Gasteiger partial charge in [-0.05, 0) is 72.0 Å². The normalized spacial score (nSPS) is 18.4. The number of nitrogens with zero attached hydrogens (tertiary/aromatic N) is 2. The van der Waals surface area contributed by atoms with E-state index in [-0.39, 0.29) is 30.5 Å². The molecule has 0 spiro atoms. The van der Waals surface area contributed by atoms with Crippen molar-refractivity contribution in [1.82, 2.24) is 15.5 Å². The maximum Gasteiger partial charge on any atom is 0.401 e. The molecule has 1 aromatic heterocycles. The minimum Gasteiger partial charge on any atom is -0.466 e. The van der Waals surface area contributed by atoms with Crippen molar-refractivity contribution in [3.8, 4) is 0 Å². The number of alkyl halides is 3. The van der Waals surface area contributed by atoms with Gasteiger partial charge < -0.3 is 20.2 Å². The molecule has 10 heteroatoms. The van der Waals surface area contributed by atoms with E-state index in [0.717, 1.165) is 30.6 Å². The minimum atomic E-state index is -4.12. The number of aliphatic imine (C=N–C) groups is 1. The van der Waals surface area contributed by atoms with Gasteiger partial charge in [0.05, 0.1) is 13.1 Å². The first-order valence-corrected chi connectivity index (χ1v) is 10.6. The number of aryl methyl sites for hydroxylation is 2. The van der Waals surface area contributed by atoms with Gasteiger partial charge in [-0.3, -0.25) is 4.90 Å². The Morgan fingerprint density at radius 1 is 1.26 bits per heavy atom. The number of hydrogen-bond donors (Lipinski definition) is 3. The molecule has 1 saturated heterocycles. The molecule has 2 heterocycles. The van der Waals surface area contributed by atoms with Crippen molar-refractivity contribution >= 4 is 29.9 Å². The van der Waals surface area contributed by atoms with Crippen molar-refractivity contribution in [3.63, 3.8) is 0 Å². The third-order valence-corrected chi connectivity index (χ3v) is 5.47. The minimum absolute atomic E-state index is 0. The summed E-state index contributed by atoms with van der Waals surface area (Å²) in [5.74, 6) is 2.45. The zero-order chi connectivity index (χ0) is 22.4. The lowest BCUT2D eigenvalue weighted by molar-refractivity contribution is -0.148. The second kappa shape index (κ2) is 12.3. The SMILES string of the molecule is CCNC(=NCC(C)(O)c1cc(C)oc1C)NCCC1CCN(CC(F)(F)F)CC1.I. The molecule has 1 aliphatic rings. The summed E-state index contributed by atoms with van der Waals surface area (Å²) in [6.07, 6.45) is -1.69. The number of guanidine groups is 1. The van der Waals surface area contributed by atoms with Gasteiger partial charge in [-0.2, -0.15) is 13.2 Å². The van der Waals surface area contributed by atoms with Crippen LogP contribution in [0.2, 0.25) is 0 Å². The summed E-state index contributed by atoms with van der Waals surface area (Å²) >= 11 is 0. The molecule has 0 radical (unpaired) electrons. The monoisotopic (exact) mass is 560 g/mol. The van der Waals surface area contributed by atoms with Crippen LogP contribution in [0.1, 0.15) is 50.2 Å². The summed E-state index contributed by atoms with van der Waals surface area (Å²) in [4.78, 5) is 6.00. The fourth-order valence-electron chi connectivity index (χ4n) is 3.91. The molecule has 0 amide bonds. The maximum atomic E-state index is 12.5. The Morgan fingerprint density at radius 3 is 2.42 bits per heavy atom.